The second kappa shape index (κ2) is 9.55. The lowest BCUT2D eigenvalue weighted by atomic mass is 10.3. The standard InChI is InChI=1S/C20H23ClN2O6S/c1-14(20(24)23-9-11-28-12-10-23)29-16-4-6-17(7-5-16)30(25,26)22-18-13-15(21)3-8-19(18)27-2/h3-8,13-14,22H,9-12H2,1-2H3/t14-/m0/s1. The third-order valence-corrected chi connectivity index (χ3v) is 6.14. The number of nitrogens with one attached hydrogen (secondary N) is 1. The van der Waals surface area contributed by atoms with Gasteiger partial charge in [-0.2, -0.15) is 0 Å². The van der Waals surface area contributed by atoms with Gasteiger partial charge in [0.15, 0.2) is 6.10 Å². The van der Waals surface area contributed by atoms with E-state index in [0.29, 0.717) is 42.8 Å². The zero-order valence-corrected chi connectivity index (χ0v) is 18.2. The van der Waals surface area contributed by atoms with Crippen LogP contribution in [0, 0.1) is 0 Å². The van der Waals surface area contributed by atoms with E-state index in [2.05, 4.69) is 4.72 Å². The van der Waals surface area contributed by atoms with E-state index in [9.17, 15) is 13.2 Å². The smallest absolute Gasteiger partial charge is 0.263 e. The number of carbonyl (C=O) groups excluding carboxylic acids is 1. The molecule has 8 nitrogen and oxygen atoms in total. The Labute approximate surface area is 180 Å². The number of morpholine rings is 1. The Morgan fingerprint density at radius 2 is 1.83 bits per heavy atom. The lowest BCUT2D eigenvalue weighted by Crippen LogP contribution is -2.46. The van der Waals surface area contributed by atoms with Crippen molar-refractivity contribution >= 4 is 33.2 Å². The van der Waals surface area contributed by atoms with E-state index in [-0.39, 0.29) is 16.5 Å². The highest BCUT2D eigenvalue weighted by molar-refractivity contribution is 7.92. The zero-order valence-electron chi connectivity index (χ0n) is 16.6. The summed E-state index contributed by atoms with van der Waals surface area (Å²) in [6.07, 6.45) is -0.695. The summed E-state index contributed by atoms with van der Waals surface area (Å²) < 4.78 is 44.0. The van der Waals surface area contributed by atoms with Crippen molar-refractivity contribution in [2.24, 2.45) is 0 Å². The first-order chi connectivity index (χ1) is 14.3. The molecule has 0 bridgehead atoms. The molecule has 1 heterocycles. The van der Waals surface area contributed by atoms with Gasteiger partial charge in [0.2, 0.25) is 0 Å². The van der Waals surface area contributed by atoms with Gasteiger partial charge in [-0.05, 0) is 49.4 Å². The van der Waals surface area contributed by atoms with E-state index in [0.717, 1.165) is 0 Å². The van der Waals surface area contributed by atoms with Crippen LogP contribution >= 0.6 is 11.6 Å². The Bertz CT molecular complexity index is 991. The lowest BCUT2D eigenvalue weighted by molar-refractivity contribution is -0.142. The molecule has 0 aromatic heterocycles. The molecular formula is C20H23ClN2O6S. The summed E-state index contributed by atoms with van der Waals surface area (Å²) in [6, 6.07) is 10.5. The van der Waals surface area contributed by atoms with Gasteiger partial charge < -0.3 is 19.1 Å². The number of benzene rings is 2. The summed E-state index contributed by atoms with van der Waals surface area (Å²) in [7, 11) is -2.44. The van der Waals surface area contributed by atoms with Crippen LogP contribution in [0.15, 0.2) is 47.4 Å². The average Bonchev–Trinajstić information content (AvgIpc) is 2.74. The van der Waals surface area contributed by atoms with E-state index in [1.807, 2.05) is 0 Å². The Hall–Kier alpha value is -2.49. The van der Waals surface area contributed by atoms with Gasteiger partial charge in [-0.3, -0.25) is 9.52 Å². The molecular weight excluding hydrogens is 432 g/mol. The number of nitrogens with zero attached hydrogens (tertiary/aromatic N) is 1. The molecule has 0 radical (unpaired) electrons. The van der Waals surface area contributed by atoms with Gasteiger partial charge in [0.25, 0.3) is 15.9 Å². The summed E-state index contributed by atoms with van der Waals surface area (Å²) in [5.74, 6) is 0.603. The van der Waals surface area contributed by atoms with Crippen LogP contribution in [0.5, 0.6) is 11.5 Å². The van der Waals surface area contributed by atoms with Crippen LogP contribution < -0.4 is 14.2 Å². The molecule has 1 aliphatic rings. The van der Waals surface area contributed by atoms with E-state index < -0.39 is 16.1 Å². The van der Waals surface area contributed by atoms with E-state index in [4.69, 9.17) is 25.8 Å². The summed E-state index contributed by atoms with van der Waals surface area (Å²) in [5, 5.41) is 0.371. The van der Waals surface area contributed by atoms with E-state index in [1.165, 1.54) is 37.4 Å². The SMILES string of the molecule is COc1ccc(Cl)cc1NS(=O)(=O)c1ccc(O[C@@H](C)C(=O)N2CCOCC2)cc1. The summed E-state index contributed by atoms with van der Waals surface area (Å²) in [6.45, 7) is 3.74. The van der Waals surface area contributed by atoms with Crippen molar-refractivity contribution < 1.29 is 27.4 Å². The van der Waals surface area contributed by atoms with Crippen molar-refractivity contribution in [2.75, 3.05) is 38.1 Å². The molecule has 30 heavy (non-hydrogen) atoms. The Morgan fingerprint density at radius 1 is 1.17 bits per heavy atom. The molecule has 3 rings (SSSR count). The van der Waals surface area contributed by atoms with Crippen LogP contribution in [-0.2, 0) is 19.6 Å². The number of hydrogen-bond acceptors (Lipinski definition) is 6. The third kappa shape index (κ3) is 5.35. The normalized spacial score (nSPS) is 15.4. The quantitative estimate of drug-likeness (QED) is 0.691. The fourth-order valence-electron chi connectivity index (χ4n) is 2.96. The maximum Gasteiger partial charge on any atom is 0.263 e. The highest BCUT2D eigenvalue weighted by Crippen LogP contribution is 2.30. The third-order valence-electron chi connectivity index (χ3n) is 4.52. The van der Waals surface area contributed by atoms with E-state index in [1.54, 1.807) is 24.0 Å². The fraction of sp³-hybridized carbons (Fsp3) is 0.350. The predicted molar refractivity (Wildman–Crippen MR) is 113 cm³/mol. The molecule has 1 aliphatic heterocycles. The van der Waals surface area contributed by atoms with Gasteiger partial charge in [-0.25, -0.2) is 8.42 Å². The maximum atomic E-state index is 12.7. The molecule has 1 atom stereocenters. The number of methoxy groups -OCH3 is 1. The minimum absolute atomic E-state index is 0.0315. The molecule has 1 N–H and O–H groups in total. The Kier molecular flexibility index (Phi) is 7.06. The van der Waals surface area contributed by atoms with Crippen molar-refractivity contribution in [1.29, 1.82) is 0 Å². The summed E-state index contributed by atoms with van der Waals surface area (Å²) >= 11 is 5.95. The van der Waals surface area contributed by atoms with Crippen molar-refractivity contribution in [3.63, 3.8) is 0 Å². The molecule has 0 unspecified atom stereocenters. The average molecular weight is 455 g/mol. The van der Waals surface area contributed by atoms with Crippen molar-refractivity contribution in [2.45, 2.75) is 17.9 Å². The number of rotatable bonds is 7. The summed E-state index contributed by atoms with van der Waals surface area (Å²) in [5.41, 5.74) is 0.232. The number of anilines is 1. The molecule has 2 aromatic rings. The highest BCUT2D eigenvalue weighted by Gasteiger charge is 2.24. The monoisotopic (exact) mass is 454 g/mol. The van der Waals surface area contributed by atoms with Gasteiger partial charge in [-0.15, -0.1) is 0 Å². The molecule has 1 saturated heterocycles. The highest BCUT2D eigenvalue weighted by atomic mass is 35.5. The van der Waals surface area contributed by atoms with Crippen LogP contribution in [0.1, 0.15) is 6.92 Å². The van der Waals surface area contributed by atoms with Crippen LogP contribution in [0.4, 0.5) is 5.69 Å². The van der Waals surface area contributed by atoms with Crippen LogP contribution in [0.2, 0.25) is 5.02 Å². The molecule has 0 saturated carbocycles. The summed E-state index contributed by atoms with van der Waals surface area (Å²) in [4.78, 5) is 14.2. The number of hydrogen-bond donors (Lipinski definition) is 1. The van der Waals surface area contributed by atoms with Crippen LogP contribution in [0.3, 0.4) is 0 Å². The second-order valence-electron chi connectivity index (χ2n) is 6.62. The number of carbonyl (C=O) groups is 1. The van der Waals surface area contributed by atoms with Crippen molar-refractivity contribution in [1.82, 2.24) is 4.90 Å². The molecule has 2 aromatic carbocycles. The first-order valence-electron chi connectivity index (χ1n) is 9.30. The largest absolute Gasteiger partial charge is 0.495 e. The van der Waals surface area contributed by atoms with Crippen LogP contribution in [0.25, 0.3) is 0 Å². The second-order valence-corrected chi connectivity index (χ2v) is 8.74. The molecule has 10 heteroatoms. The van der Waals surface area contributed by atoms with Crippen molar-refractivity contribution in [3.8, 4) is 11.5 Å². The minimum Gasteiger partial charge on any atom is -0.495 e. The number of amides is 1. The topological polar surface area (TPSA) is 94.2 Å². The number of halogens is 1. The molecule has 0 aliphatic carbocycles. The lowest BCUT2D eigenvalue weighted by Gasteiger charge is -2.29. The first kappa shape index (κ1) is 22.2. The van der Waals surface area contributed by atoms with Gasteiger partial charge in [-0.1, -0.05) is 11.6 Å². The zero-order chi connectivity index (χ0) is 21.7. The van der Waals surface area contributed by atoms with Crippen LogP contribution in [-0.4, -0.2) is 58.7 Å². The molecule has 1 amide bonds. The predicted octanol–water partition coefficient (Wildman–Crippen LogP) is 2.78. The van der Waals surface area contributed by atoms with Gasteiger partial charge in [0, 0.05) is 18.1 Å². The fourth-order valence-corrected chi connectivity index (χ4v) is 4.19. The Balaban J connectivity index is 1.68. The van der Waals surface area contributed by atoms with E-state index >= 15 is 0 Å². The molecule has 162 valence electrons. The van der Waals surface area contributed by atoms with Gasteiger partial charge >= 0.3 is 0 Å². The number of ether oxygens (including phenoxy) is 3. The molecule has 1 fully saturated rings. The maximum absolute atomic E-state index is 12.7. The molecule has 0 spiro atoms. The minimum atomic E-state index is -3.87. The van der Waals surface area contributed by atoms with Gasteiger partial charge in [0.1, 0.15) is 11.5 Å². The first-order valence-corrected chi connectivity index (χ1v) is 11.2. The Morgan fingerprint density at radius 3 is 2.47 bits per heavy atom. The van der Waals surface area contributed by atoms with Gasteiger partial charge in [0.05, 0.1) is 30.9 Å². The van der Waals surface area contributed by atoms with Crippen molar-refractivity contribution in [3.05, 3.63) is 47.5 Å². The number of sulfonamides is 1.